The third kappa shape index (κ3) is 10.3. The van der Waals surface area contributed by atoms with Crippen molar-refractivity contribution < 1.29 is 9.53 Å². The van der Waals surface area contributed by atoms with Gasteiger partial charge in [0.1, 0.15) is 0 Å². The minimum absolute atomic E-state index is 0.0640. The Balaban J connectivity index is 0.000000494. The van der Waals surface area contributed by atoms with E-state index in [1.54, 1.807) is 20.1 Å². The number of amides is 1. The lowest BCUT2D eigenvalue weighted by atomic mass is 10.3. The maximum Gasteiger partial charge on any atom is 0.216 e. The molecule has 0 saturated carbocycles. The summed E-state index contributed by atoms with van der Waals surface area (Å²) in [5.41, 5.74) is 0. The first-order valence-corrected chi connectivity index (χ1v) is 6.35. The number of hydrogen-bond donors (Lipinski definition) is 1. The first kappa shape index (κ1) is 17.1. The molecule has 18 heavy (non-hydrogen) atoms. The molecule has 1 aliphatic rings. The van der Waals surface area contributed by atoms with Crippen molar-refractivity contribution in [2.24, 2.45) is 0 Å². The van der Waals surface area contributed by atoms with Gasteiger partial charge < -0.3 is 15.0 Å². The zero-order valence-corrected chi connectivity index (χ0v) is 11.9. The molecule has 0 bridgehead atoms. The molecule has 0 spiro atoms. The normalized spacial score (nSPS) is 16.6. The first-order valence-electron chi connectivity index (χ1n) is 6.35. The molecule has 0 aromatic heterocycles. The van der Waals surface area contributed by atoms with Crippen LogP contribution in [0.1, 0.15) is 6.92 Å². The van der Waals surface area contributed by atoms with Crippen LogP contribution in [0.2, 0.25) is 0 Å². The molecule has 1 heterocycles. The highest BCUT2D eigenvalue weighted by Crippen LogP contribution is 1.97. The Morgan fingerprint density at radius 1 is 1.39 bits per heavy atom. The van der Waals surface area contributed by atoms with Gasteiger partial charge in [0.05, 0.1) is 6.61 Å². The van der Waals surface area contributed by atoms with E-state index in [0.29, 0.717) is 6.61 Å². The molecule has 1 saturated heterocycles. The molecule has 1 aliphatic heterocycles. The molecule has 0 radical (unpaired) electrons. The van der Waals surface area contributed by atoms with Crippen LogP contribution in [0.4, 0.5) is 0 Å². The van der Waals surface area contributed by atoms with E-state index >= 15 is 0 Å². The molecule has 1 N–H and O–H groups in total. The molecule has 1 amide bonds. The van der Waals surface area contributed by atoms with Gasteiger partial charge in [-0.1, -0.05) is 6.08 Å². The summed E-state index contributed by atoms with van der Waals surface area (Å²) in [6, 6.07) is 0. The van der Waals surface area contributed by atoms with E-state index in [1.807, 2.05) is 0 Å². The summed E-state index contributed by atoms with van der Waals surface area (Å²) in [6.45, 7) is 11.9. The van der Waals surface area contributed by atoms with Crippen molar-refractivity contribution in [1.29, 1.82) is 0 Å². The van der Waals surface area contributed by atoms with Gasteiger partial charge in [-0.3, -0.25) is 9.69 Å². The molecule has 1 rings (SSSR count). The second-order valence-corrected chi connectivity index (χ2v) is 4.37. The van der Waals surface area contributed by atoms with Crippen molar-refractivity contribution in [3.63, 3.8) is 0 Å². The third-order valence-electron chi connectivity index (χ3n) is 2.68. The molecular weight excluding hydrogens is 230 g/mol. The van der Waals surface area contributed by atoms with E-state index in [4.69, 9.17) is 0 Å². The predicted molar refractivity (Wildman–Crippen MR) is 74.7 cm³/mol. The van der Waals surface area contributed by atoms with Crippen LogP contribution in [0.15, 0.2) is 12.7 Å². The van der Waals surface area contributed by atoms with Crippen molar-refractivity contribution >= 4 is 5.91 Å². The monoisotopic (exact) mass is 257 g/mol. The average molecular weight is 257 g/mol. The van der Waals surface area contributed by atoms with Crippen LogP contribution < -0.4 is 5.32 Å². The highest BCUT2D eigenvalue weighted by molar-refractivity contribution is 5.72. The number of piperazine rings is 1. The Bertz CT molecular complexity index is 226. The van der Waals surface area contributed by atoms with Gasteiger partial charge in [-0.05, 0) is 7.05 Å². The van der Waals surface area contributed by atoms with Crippen LogP contribution in [0.25, 0.3) is 0 Å². The minimum Gasteiger partial charge on any atom is -0.381 e. The van der Waals surface area contributed by atoms with Gasteiger partial charge in [-0.25, -0.2) is 0 Å². The number of ether oxygens (including phenoxy) is 1. The molecular formula is C13H27N3O2. The number of carbonyl (C=O) groups is 1. The van der Waals surface area contributed by atoms with Crippen LogP contribution in [0.3, 0.4) is 0 Å². The minimum atomic E-state index is 0.0640. The Hall–Kier alpha value is -0.910. The Labute approximate surface area is 111 Å². The molecule has 0 atom stereocenters. The Morgan fingerprint density at radius 2 is 2.00 bits per heavy atom. The van der Waals surface area contributed by atoms with E-state index in [2.05, 4.69) is 33.5 Å². The SMILES string of the molecule is C=CCOC.CC(=O)NCCN1CCN(C)CC1. The molecule has 106 valence electrons. The lowest BCUT2D eigenvalue weighted by Crippen LogP contribution is -2.46. The van der Waals surface area contributed by atoms with Crippen LogP contribution >= 0.6 is 0 Å². The van der Waals surface area contributed by atoms with E-state index < -0.39 is 0 Å². The van der Waals surface area contributed by atoms with Gasteiger partial charge in [-0.2, -0.15) is 0 Å². The van der Waals surface area contributed by atoms with Gasteiger partial charge >= 0.3 is 0 Å². The predicted octanol–water partition coefficient (Wildman–Crippen LogP) is 0.189. The highest BCUT2D eigenvalue weighted by atomic mass is 16.5. The Morgan fingerprint density at radius 3 is 2.39 bits per heavy atom. The van der Waals surface area contributed by atoms with Crippen molar-refractivity contribution in [2.45, 2.75) is 6.92 Å². The van der Waals surface area contributed by atoms with Crippen molar-refractivity contribution in [3.8, 4) is 0 Å². The lowest BCUT2D eigenvalue weighted by Gasteiger charge is -2.32. The van der Waals surface area contributed by atoms with Gasteiger partial charge in [0, 0.05) is 53.3 Å². The summed E-state index contributed by atoms with van der Waals surface area (Å²) in [5.74, 6) is 0.0640. The van der Waals surface area contributed by atoms with E-state index in [0.717, 1.165) is 39.3 Å². The molecule has 5 heteroatoms. The maximum atomic E-state index is 10.6. The third-order valence-corrected chi connectivity index (χ3v) is 2.68. The van der Waals surface area contributed by atoms with Crippen LogP contribution in [-0.4, -0.2) is 75.7 Å². The van der Waals surface area contributed by atoms with E-state index in [1.165, 1.54) is 0 Å². The quantitative estimate of drug-likeness (QED) is 0.714. The van der Waals surface area contributed by atoms with Gasteiger partial charge in [0.25, 0.3) is 0 Å². The maximum absolute atomic E-state index is 10.6. The lowest BCUT2D eigenvalue weighted by molar-refractivity contribution is -0.119. The summed E-state index contributed by atoms with van der Waals surface area (Å²) < 4.78 is 4.57. The first-order chi connectivity index (χ1) is 8.60. The molecule has 1 fully saturated rings. The molecule has 0 aromatic rings. The van der Waals surface area contributed by atoms with Gasteiger partial charge in [-0.15, -0.1) is 6.58 Å². The summed E-state index contributed by atoms with van der Waals surface area (Å²) in [7, 11) is 3.78. The number of methoxy groups -OCH3 is 1. The second-order valence-electron chi connectivity index (χ2n) is 4.37. The number of nitrogens with one attached hydrogen (secondary N) is 1. The second kappa shape index (κ2) is 11.2. The zero-order valence-electron chi connectivity index (χ0n) is 11.9. The number of carbonyl (C=O) groups excluding carboxylic acids is 1. The smallest absolute Gasteiger partial charge is 0.216 e. The fraction of sp³-hybridized carbons (Fsp3) is 0.769. The number of hydrogen-bond acceptors (Lipinski definition) is 4. The average Bonchev–Trinajstić information content (AvgIpc) is 2.33. The highest BCUT2D eigenvalue weighted by Gasteiger charge is 2.12. The fourth-order valence-electron chi connectivity index (χ4n) is 1.58. The number of nitrogens with zero attached hydrogens (tertiary/aromatic N) is 2. The van der Waals surface area contributed by atoms with E-state index in [9.17, 15) is 4.79 Å². The van der Waals surface area contributed by atoms with Crippen LogP contribution in [0.5, 0.6) is 0 Å². The van der Waals surface area contributed by atoms with Crippen molar-refractivity contribution in [2.75, 3.05) is 60.0 Å². The van der Waals surface area contributed by atoms with Gasteiger partial charge in [0.15, 0.2) is 0 Å². The molecule has 5 nitrogen and oxygen atoms in total. The number of likely N-dealkylation sites (N-methyl/N-ethyl adjacent to an activating group) is 1. The zero-order chi connectivity index (χ0) is 13.8. The Kier molecular flexibility index (Phi) is 10.6. The van der Waals surface area contributed by atoms with Crippen LogP contribution in [0, 0.1) is 0 Å². The summed E-state index contributed by atoms with van der Waals surface area (Å²) >= 11 is 0. The van der Waals surface area contributed by atoms with Crippen molar-refractivity contribution in [1.82, 2.24) is 15.1 Å². The van der Waals surface area contributed by atoms with E-state index in [-0.39, 0.29) is 5.91 Å². The van der Waals surface area contributed by atoms with Crippen molar-refractivity contribution in [3.05, 3.63) is 12.7 Å². The summed E-state index contributed by atoms with van der Waals surface area (Å²) in [4.78, 5) is 15.3. The molecule has 0 aliphatic carbocycles. The fourth-order valence-corrected chi connectivity index (χ4v) is 1.58. The largest absolute Gasteiger partial charge is 0.381 e. The van der Waals surface area contributed by atoms with Crippen LogP contribution in [-0.2, 0) is 9.53 Å². The summed E-state index contributed by atoms with van der Waals surface area (Å²) in [6.07, 6.45) is 1.71. The standard InChI is InChI=1S/C9H19N3O.C4H8O/c1-9(13)10-3-4-12-7-5-11(2)6-8-12;1-3-4-5-2/h3-8H2,1-2H3,(H,10,13);3H,1,4H2,2H3. The number of rotatable bonds is 5. The molecule has 0 unspecified atom stereocenters. The topological polar surface area (TPSA) is 44.8 Å². The summed E-state index contributed by atoms with van der Waals surface area (Å²) in [5, 5.41) is 2.81. The van der Waals surface area contributed by atoms with Gasteiger partial charge in [0.2, 0.25) is 5.91 Å². The molecule has 0 aromatic carbocycles.